The molecule has 1 aromatic carbocycles. The molecule has 3 aromatic heterocycles. The summed E-state index contributed by atoms with van der Waals surface area (Å²) in [6.45, 7) is 0.352. The van der Waals surface area contributed by atoms with Crippen LogP contribution in [0.25, 0.3) is 22.1 Å². The summed E-state index contributed by atoms with van der Waals surface area (Å²) in [6.07, 6.45) is 8.38. The van der Waals surface area contributed by atoms with E-state index in [1.165, 1.54) is 6.33 Å². The number of nitrogens with zero attached hydrogens (tertiary/aromatic N) is 3. The first kappa shape index (κ1) is 15.0. The molecule has 0 aliphatic heterocycles. The average Bonchev–Trinajstić information content (AvgIpc) is 3.11. The van der Waals surface area contributed by atoms with E-state index >= 15 is 0 Å². The Bertz CT molecular complexity index is 995. The Labute approximate surface area is 143 Å². The molecular formula is C19H14N4O2. The number of amides is 1. The lowest BCUT2D eigenvalue weighted by Gasteiger charge is -2.05. The number of nitrogens with one attached hydrogen (secondary N) is 1. The summed E-state index contributed by atoms with van der Waals surface area (Å²) in [4.78, 5) is 24.5. The molecule has 6 nitrogen and oxygen atoms in total. The summed E-state index contributed by atoms with van der Waals surface area (Å²) in [7, 11) is 0. The van der Waals surface area contributed by atoms with E-state index in [1.54, 1.807) is 30.9 Å². The molecule has 0 bridgehead atoms. The average molecular weight is 330 g/mol. The number of aromatic nitrogens is 3. The summed E-state index contributed by atoms with van der Waals surface area (Å²) in [5.74, 6) is 0.0337. The van der Waals surface area contributed by atoms with E-state index in [0.29, 0.717) is 17.9 Å². The van der Waals surface area contributed by atoms with Crippen LogP contribution < -0.4 is 5.32 Å². The van der Waals surface area contributed by atoms with Crippen molar-refractivity contribution in [2.45, 2.75) is 6.54 Å². The number of rotatable bonds is 4. The molecular weight excluding hydrogens is 316 g/mol. The quantitative estimate of drug-likeness (QED) is 0.621. The Morgan fingerprint density at radius 3 is 2.60 bits per heavy atom. The fourth-order valence-electron chi connectivity index (χ4n) is 2.55. The Kier molecular flexibility index (Phi) is 3.92. The maximum Gasteiger partial charge on any atom is 0.287 e. The molecule has 0 fully saturated rings. The topological polar surface area (TPSA) is 80.9 Å². The number of carbonyl (C=O) groups is 1. The van der Waals surface area contributed by atoms with Crippen LogP contribution in [-0.4, -0.2) is 20.9 Å². The Morgan fingerprint density at radius 2 is 1.76 bits per heavy atom. The number of pyridine rings is 1. The molecule has 6 heteroatoms. The van der Waals surface area contributed by atoms with Gasteiger partial charge in [0.1, 0.15) is 11.9 Å². The Hall–Kier alpha value is -3.54. The van der Waals surface area contributed by atoms with Gasteiger partial charge in [0.25, 0.3) is 5.91 Å². The van der Waals surface area contributed by atoms with Crippen LogP contribution in [0.15, 0.2) is 71.9 Å². The number of hydrogen-bond donors (Lipinski definition) is 1. The minimum Gasteiger partial charge on any atom is -0.451 e. The second-order valence-electron chi connectivity index (χ2n) is 5.54. The molecule has 25 heavy (non-hydrogen) atoms. The van der Waals surface area contributed by atoms with Crippen molar-refractivity contribution in [3.63, 3.8) is 0 Å². The van der Waals surface area contributed by atoms with Gasteiger partial charge in [0.05, 0.1) is 0 Å². The SMILES string of the molecule is O=C(NCc1cncc(-c2cncnc2)c1)c1cc2ccccc2o1. The van der Waals surface area contributed by atoms with Crippen LogP contribution in [0.3, 0.4) is 0 Å². The van der Waals surface area contributed by atoms with Gasteiger partial charge in [-0.2, -0.15) is 0 Å². The molecule has 1 amide bonds. The van der Waals surface area contributed by atoms with Gasteiger partial charge in [-0.15, -0.1) is 0 Å². The molecule has 1 N–H and O–H groups in total. The van der Waals surface area contributed by atoms with Crippen molar-refractivity contribution in [2.75, 3.05) is 0 Å². The van der Waals surface area contributed by atoms with Crippen molar-refractivity contribution in [3.05, 3.63) is 78.8 Å². The highest BCUT2D eigenvalue weighted by molar-refractivity contribution is 5.96. The minimum atomic E-state index is -0.260. The van der Waals surface area contributed by atoms with Crippen molar-refractivity contribution in [3.8, 4) is 11.1 Å². The highest BCUT2D eigenvalue weighted by atomic mass is 16.3. The fourth-order valence-corrected chi connectivity index (χ4v) is 2.55. The smallest absolute Gasteiger partial charge is 0.287 e. The molecule has 122 valence electrons. The van der Waals surface area contributed by atoms with Crippen LogP contribution in [0.2, 0.25) is 0 Å². The highest BCUT2D eigenvalue weighted by Gasteiger charge is 2.12. The summed E-state index contributed by atoms with van der Waals surface area (Å²) in [5.41, 5.74) is 3.35. The van der Waals surface area contributed by atoms with Crippen LogP contribution in [-0.2, 0) is 6.54 Å². The number of benzene rings is 1. The predicted molar refractivity (Wildman–Crippen MR) is 92.6 cm³/mol. The molecule has 0 saturated heterocycles. The predicted octanol–water partition coefficient (Wildman–Crippen LogP) is 3.21. The third-order valence-corrected chi connectivity index (χ3v) is 3.79. The van der Waals surface area contributed by atoms with Gasteiger partial charge in [0.15, 0.2) is 5.76 Å². The lowest BCUT2D eigenvalue weighted by molar-refractivity contribution is 0.0925. The van der Waals surface area contributed by atoms with E-state index in [1.807, 2.05) is 30.3 Å². The maximum absolute atomic E-state index is 12.3. The molecule has 3 heterocycles. The van der Waals surface area contributed by atoms with E-state index in [9.17, 15) is 4.79 Å². The summed E-state index contributed by atoms with van der Waals surface area (Å²) in [6, 6.07) is 11.2. The molecule has 0 unspecified atom stereocenters. The summed E-state index contributed by atoms with van der Waals surface area (Å²) < 4.78 is 5.57. The number of furan rings is 1. The summed E-state index contributed by atoms with van der Waals surface area (Å²) in [5, 5.41) is 3.75. The van der Waals surface area contributed by atoms with Crippen LogP contribution in [0.1, 0.15) is 16.1 Å². The van der Waals surface area contributed by atoms with Crippen molar-refractivity contribution in [1.29, 1.82) is 0 Å². The molecule has 0 radical (unpaired) electrons. The molecule has 4 aromatic rings. The Balaban J connectivity index is 1.48. The Morgan fingerprint density at radius 1 is 0.960 bits per heavy atom. The standard InChI is InChI=1S/C19H14N4O2/c24-19(18-6-14-3-1-2-4-17(14)25-18)23-8-13-5-15(9-20-7-13)16-10-21-12-22-11-16/h1-7,9-12H,8H2,(H,23,24). The third kappa shape index (κ3) is 3.23. The van der Waals surface area contributed by atoms with E-state index in [0.717, 1.165) is 22.1 Å². The largest absolute Gasteiger partial charge is 0.451 e. The zero-order valence-corrected chi connectivity index (χ0v) is 13.2. The monoisotopic (exact) mass is 330 g/mol. The maximum atomic E-state index is 12.3. The lowest BCUT2D eigenvalue weighted by atomic mass is 10.1. The van der Waals surface area contributed by atoms with Gasteiger partial charge in [-0.25, -0.2) is 9.97 Å². The van der Waals surface area contributed by atoms with Crippen molar-refractivity contribution < 1.29 is 9.21 Å². The van der Waals surface area contributed by atoms with E-state index in [2.05, 4.69) is 20.3 Å². The zero-order chi connectivity index (χ0) is 17.1. The number of fused-ring (bicyclic) bond motifs is 1. The van der Waals surface area contributed by atoms with Crippen LogP contribution >= 0.6 is 0 Å². The van der Waals surface area contributed by atoms with Gasteiger partial charge in [0.2, 0.25) is 0 Å². The first-order valence-electron chi connectivity index (χ1n) is 7.76. The second-order valence-corrected chi connectivity index (χ2v) is 5.54. The number of carbonyl (C=O) groups excluding carboxylic acids is 1. The molecule has 0 saturated carbocycles. The molecule has 0 atom stereocenters. The zero-order valence-electron chi connectivity index (χ0n) is 13.2. The molecule has 0 spiro atoms. The fraction of sp³-hybridized carbons (Fsp3) is 0.0526. The van der Waals surface area contributed by atoms with Crippen molar-refractivity contribution in [2.24, 2.45) is 0 Å². The molecule has 0 aliphatic rings. The number of hydrogen-bond acceptors (Lipinski definition) is 5. The van der Waals surface area contributed by atoms with Crippen molar-refractivity contribution in [1.82, 2.24) is 20.3 Å². The van der Waals surface area contributed by atoms with Gasteiger partial charge in [-0.1, -0.05) is 18.2 Å². The highest BCUT2D eigenvalue weighted by Crippen LogP contribution is 2.19. The van der Waals surface area contributed by atoms with E-state index in [4.69, 9.17) is 4.42 Å². The van der Waals surface area contributed by atoms with Gasteiger partial charge >= 0.3 is 0 Å². The van der Waals surface area contributed by atoms with Crippen LogP contribution in [0.4, 0.5) is 0 Å². The second kappa shape index (κ2) is 6.52. The lowest BCUT2D eigenvalue weighted by Crippen LogP contribution is -2.22. The first-order valence-corrected chi connectivity index (χ1v) is 7.76. The molecule has 4 rings (SSSR count). The summed E-state index contributed by atoms with van der Waals surface area (Å²) >= 11 is 0. The number of para-hydroxylation sites is 1. The van der Waals surface area contributed by atoms with Gasteiger partial charge < -0.3 is 9.73 Å². The minimum absolute atomic E-state index is 0.260. The van der Waals surface area contributed by atoms with Crippen LogP contribution in [0, 0.1) is 0 Å². The van der Waals surface area contributed by atoms with E-state index in [-0.39, 0.29) is 5.91 Å². The van der Waals surface area contributed by atoms with Gasteiger partial charge in [-0.3, -0.25) is 9.78 Å². The third-order valence-electron chi connectivity index (χ3n) is 3.79. The van der Waals surface area contributed by atoms with E-state index < -0.39 is 0 Å². The first-order chi connectivity index (χ1) is 12.3. The van der Waals surface area contributed by atoms with Gasteiger partial charge in [-0.05, 0) is 23.8 Å². The molecule has 0 aliphatic carbocycles. The van der Waals surface area contributed by atoms with Crippen molar-refractivity contribution >= 4 is 16.9 Å². The normalized spacial score (nSPS) is 10.7. The van der Waals surface area contributed by atoms with Crippen LogP contribution in [0.5, 0.6) is 0 Å². The van der Waals surface area contributed by atoms with Gasteiger partial charge in [0, 0.05) is 47.8 Å².